The van der Waals surface area contributed by atoms with Gasteiger partial charge in [-0.2, -0.15) is 5.26 Å². The number of nitriles is 1. The average Bonchev–Trinajstić information content (AvgIpc) is 2.95. The second-order valence-corrected chi connectivity index (χ2v) is 9.97. The van der Waals surface area contributed by atoms with Gasteiger partial charge in [0.25, 0.3) is 0 Å². The smallest absolute Gasteiger partial charge is 0.237 e. The van der Waals surface area contributed by atoms with E-state index in [2.05, 4.69) is 12.1 Å². The molecule has 1 amide bonds. The fraction of sp³-hybridized carbons (Fsp3) is 0.194. The Balaban J connectivity index is 1.51. The second-order valence-electron chi connectivity index (χ2n) is 9.01. The van der Waals surface area contributed by atoms with Crippen LogP contribution < -0.4 is 9.64 Å². The molecular weight excluding hydrogens is 478 g/mol. The number of carbonyl (C=O) groups excluding carboxylic acids is 1. The molecule has 0 bridgehead atoms. The monoisotopic (exact) mass is 505 g/mol. The minimum Gasteiger partial charge on any atom is -0.497 e. The molecule has 0 unspecified atom stereocenters. The van der Waals surface area contributed by atoms with E-state index in [0.717, 1.165) is 52.2 Å². The Hall–Kier alpha value is -4.08. The zero-order valence-electron chi connectivity index (χ0n) is 20.9. The summed E-state index contributed by atoms with van der Waals surface area (Å²) in [6, 6.07) is 28.2. The summed E-state index contributed by atoms with van der Waals surface area (Å²) in [6.45, 7) is 2.75. The molecule has 0 radical (unpaired) electrons. The molecule has 0 atom stereocenters. The van der Waals surface area contributed by atoms with Gasteiger partial charge in [-0.15, -0.1) is 0 Å². The van der Waals surface area contributed by atoms with Crippen LogP contribution in [0.15, 0.2) is 83.9 Å². The van der Waals surface area contributed by atoms with Crippen LogP contribution in [0.5, 0.6) is 5.75 Å². The van der Waals surface area contributed by atoms with Gasteiger partial charge < -0.3 is 9.64 Å². The SMILES string of the molecule is COc1ccc(-c2cc(-c3ccc(C)cc3)nc(SCC(=O)N3CCCc4ccccc43)c2C#N)cc1. The van der Waals surface area contributed by atoms with E-state index in [4.69, 9.17) is 9.72 Å². The van der Waals surface area contributed by atoms with Gasteiger partial charge in [0, 0.05) is 23.4 Å². The zero-order valence-corrected chi connectivity index (χ0v) is 21.7. The standard InChI is InChI=1S/C31H27N3O2S/c1-21-9-11-23(12-10-21)28-18-26(22-13-15-25(36-2)16-14-22)27(19-32)31(33-28)37-20-30(35)34-17-5-7-24-6-3-4-8-29(24)34/h3-4,6,8-16,18H,5,7,17,20H2,1-2H3. The maximum Gasteiger partial charge on any atom is 0.237 e. The molecular formula is C31H27N3O2S. The molecule has 0 saturated carbocycles. The molecule has 5 nitrogen and oxygen atoms in total. The summed E-state index contributed by atoms with van der Waals surface area (Å²) in [5, 5.41) is 10.7. The van der Waals surface area contributed by atoms with E-state index in [0.29, 0.717) is 17.1 Å². The lowest BCUT2D eigenvalue weighted by Gasteiger charge is -2.29. The Morgan fingerprint density at radius 1 is 1.05 bits per heavy atom. The first kappa shape index (κ1) is 24.6. The van der Waals surface area contributed by atoms with Crippen molar-refractivity contribution < 1.29 is 9.53 Å². The van der Waals surface area contributed by atoms with Crippen LogP contribution in [0.4, 0.5) is 5.69 Å². The van der Waals surface area contributed by atoms with Crippen molar-refractivity contribution in [3.63, 3.8) is 0 Å². The molecule has 0 fully saturated rings. The molecule has 4 aromatic rings. The largest absolute Gasteiger partial charge is 0.497 e. The summed E-state index contributed by atoms with van der Waals surface area (Å²) in [5.74, 6) is 0.974. The molecule has 1 aromatic heterocycles. The maximum atomic E-state index is 13.3. The number of rotatable bonds is 6. The third-order valence-corrected chi connectivity index (χ3v) is 7.55. The number of anilines is 1. The van der Waals surface area contributed by atoms with E-state index in [-0.39, 0.29) is 11.7 Å². The third-order valence-electron chi connectivity index (χ3n) is 6.59. The first-order valence-corrected chi connectivity index (χ1v) is 13.2. The van der Waals surface area contributed by atoms with E-state index in [9.17, 15) is 10.1 Å². The van der Waals surface area contributed by atoms with E-state index in [1.807, 2.05) is 84.6 Å². The van der Waals surface area contributed by atoms with Gasteiger partial charge in [0.15, 0.2) is 0 Å². The Bertz CT molecular complexity index is 1470. The van der Waals surface area contributed by atoms with Gasteiger partial charge in [-0.05, 0) is 55.2 Å². The number of benzene rings is 3. The van der Waals surface area contributed by atoms with Crippen molar-refractivity contribution in [2.24, 2.45) is 0 Å². The predicted molar refractivity (Wildman–Crippen MR) is 149 cm³/mol. The number of aryl methyl sites for hydroxylation is 2. The molecule has 1 aliphatic heterocycles. The van der Waals surface area contributed by atoms with Crippen molar-refractivity contribution >= 4 is 23.4 Å². The van der Waals surface area contributed by atoms with Crippen LogP contribution in [0.3, 0.4) is 0 Å². The van der Waals surface area contributed by atoms with Crippen LogP contribution in [0.25, 0.3) is 22.4 Å². The molecule has 2 heterocycles. The molecule has 3 aromatic carbocycles. The number of thioether (sulfide) groups is 1. The highest BCUT2D eigenvalue weighted by Crippen LogP contribution is 2.35. The summed E-state index contributed by atoms with van der Waals surface area (Å²) < 4.78 is 5.31. The van der Waals surface area contributed by atoms with Gasteiger partial charge in [-0.3, -0.25) is 4.79 Å². The van der Waals surface area contributed by atoms with Crippen molar-refractivity contribution in [1.82, 2.24) is 4.98 Å². The van der Waals surface area contributed by atoms with Gasteiger partial charge in [0.2, 0.25) is 5.91 Å². The number of amides is 1. The van der Waals surface area contributed by atoms with Gasteiger partial charge in [0.05, 0.1) is 24.1 Å². The van der Waals surface area contributed by atoms with Crippen molar-refractivity contribution in [2.45, 2.75) is 24.8 Å². The minimum absolute atomic E-state index is 0.0228. The number of methoxy groups -OCH3 is 1. The normalized spacial score (nSPS) is 12.5. The van der Waals surface area contributed by atoms with Gasteiger partial charge in [-0.25, -0.2) is 4.98 Å². The topological polar surface area (TPSA) is 66.2 Å². The molecule has 0 saturated heterocycles. The number of hydrogen-bond acceptors (Lipinski definition) is 5. The quantitative estimate of drug-likeness (QED) is 0.274. The van der Waals surface area contributed by atoms with Crippen LogP contribution >= 0.6 is 11.8 Å². The number of nitrogens with zero attached hydrogens (tertiary/aromatic N) is 3. The van der Waals surface area contributed by atoms with Gasteiger partial charge in [0.1, 0.15) is 16.8 Å². The van der Waals surface area contributed by atoms with Crippen molar-refractivity contribution in [2.75, 3.05) is 24.3 Å². The highest BCUT2D eigenvalue weighted by molar-refractivity contribution is 8.00. The fourth-order valence-corrected chi connectivity index (χ4v) is 5.48. The molecule has 184 valence electrons. The molecule has 0 aliphatic carbocycles. The predicted octanol–water partition coefficient (Wildman–Crippen LogP) is 6.68. The van der Waals surface area contributed by atoms with E-state index < -0.39 is 0 Å². The lowest BCUT2D eigenvalue weighted by atomic mass is 9.99. The molecule has 37 heavy (non-hydrogen) atoms. The molecule has 5 rings (SSSR count). The van der Waals surface area contributed by atoms with Crippen LogP contribution in [0.1, 0.15) is 23.1 Å². The summed E-state index contributed by atoms with van der Waals surface area (Å²) in [5.41, 5.74) is 7.23. The molecule has 0 N–H and O–H groups in total. The Labute approximate surface area is 221 Å². The molecule has 1 aliphatic rings. The number of carbonyl (C=O) groups is 1. The number of aromatic nitrogens is 1. The summed E-state index contributed by atoms with van der Waals surface area (Å²) in [6.07, 6.45) is 1.93. The van der Waals surface area contributed by atoms with E-state index in [1.165, 1.54) is 17.3 Å². The number of pyridine rings is 1. The minimum atomic E-state index is 0.0228. The third kappa shape index (κ3) is 5.23. The summed E-state index contributed by atoms with van der Waals surface area (Å²) >= 11 is 1.33. The van der Waals surface area contributed by atoms with Crippen molar-refractivity contribution in [3.8, 4) is 34.2 Å². The Morgan fingerprint density at radius 3 is 2.51 bits per heavy atom. The van der Waals surface area contributed by atoms with Crippen molar-refractivity contribution in [3.05, 3.63) is 95.6 Å². The van der Waals surface area contributed by atoms with E-state index >= 15 is 0 Å². The van der Waals surface area contributed by atoms with Crippen molar-refractivity contribution in [1.29, 1.82) is 5.26 Å². The molecule has 0 spiro atoms. The summed E-state index contributed by atoms with van der Waals surface area (Å²) in [7, 11) is 1.63. The highest BCUT2D eigenvalue weighted by atomic mass is 32.2. The second kappa shape index (κ2) is 10.9. The van der Waals surface area contributed by atoms with Gasteiger partial charge >= 0.3 is 0 Å². The zero-order chi connectivity index (χ0) is 25.8. The Morgan fingerprint density at radius 2 is 1.78 bits per heavy atom. The molecule has 6 heteroatoms. The first-order chi connectivity index (χ1) is 18.1. The summed E-state index contributed by atoms with van der Waals surface area (Å²) in [4.78, 5) is 20.1. The maximum absolute atomic E-state index is 13.3. The average molecular weight is 506 g/mol. The van der Waals surface area contributed by atoms with Gasteiger partial charge in [-0.1, -0.05) is 71.9 Å². The fourth-order valence-electron chi connectivity index (χ4n) is 4.61. The number of fused-ring (bicyclic) bond motifs is 1. The van der Waals surface area contributed by atoms with Crippen LogP contribution in [0.2, 0.25) is 0 Å². The number of ether oxygens (including phenoxy) is 1. The number of para-hydroxylation sites is 1. The van der Waals surface area contributed by atoms with Crippen LogP contribution in [0, 0.1) is 18.3 Å². The highest BCUT2D eigenvalue weighted by Gasteiger charge is 2.23. The van der Waals surface area contributed by atoms with E-state index in [1.54, 1.807) is 7.11 Å². The first-order valence-electron chi connectivity index (χ1n) is 12.2. The van der Waals surface area contributed by atoms with Crippen LogP contribution in [-0.4, -0.2) is 30.3 Å². The lowest BCUT2D eigenvalue weighted by molar-refractivity contribution is -0.116. The van der Waals surface area contributed by atoms with Crippen LogP contribution in [-0.2, 0) is 11.2 Å². The number of hydrogen-bond donors (Lipinski definition) is 0. The Kier molecular flexibility index (Phi) is 7.25. The lowest BCUT2D eigenvalue weighted by Crippen LogP contribution is -2.36.